The molecule has 1 aromatic rings. The molecule has 1 atom stereocenters. The maximum Gasteiger partial charge on any atom is 0.329 e. The van der Waals surface area contributed by atoms with Gasteiger partial charge in [-0.05, 0) is 32.9 Å². The van der Waals surface area contributed by atoms with Gasteiger partial charge in [0, 0.05) is 6.04 Å². The van der Waals surface area contributed by atoms with E-state index < -0.39 is 36.3 Å². The van der Waals surface area contributed by atoms with Crippen molar-refractivity contribution in [3.05, 3.63) is 35.4 Å². The quantitative estimate of drug-likeness (QED) is 0.505. The van der Waals surface area contributed by atoms with Gasteiger partial charge in [-0.1, -0.05) is 12.1 Å². The molecular weight excluding hydrogens is 354 g/mol. The number of hydrogen-bond acceptors (Lipinski definition) is 6. The van der Waals surface area contributed by atoms with Crippen LogP contribution in [0, 0.1) is 0 Å². The number of rotatable bonds is 7. The van der Waals surface area contributed by atoms with E-state index in [2.05, 4.69) is 10.6 Å². The van der Waals surface area contributed by atoms with Gasteiger partial charge in [0.2, 0.25) is 5.91 Å². The first-order valence-corrected chi connectivity index (χ1v) is 8.42. The molecule has 0 saturated carbocycles. The fourth-order valence-electron chi connectivity index (χ4n) is 2.53. The van der Waals surface area contributed by atoms with Crippen LogP contribution < -0.4 is 10.6 Å². The Morgan fingerprint density at radius 3 is 2.07 bits per heavy atom. The highest BCUT2D eigenvalue weighted by molar-refractivity contribution is 6.22. The predicted molar refractivity (Wildman–Crippen MR) is 93.7 cm³/mol. The average molecular weight is 375 g/mol. The summed E-state index contributed by atoms with van der Waals surface area (Å²) in [7, 11) is 0. The Balaban J connectivity index is 1.86. The summed E-state index contributed by atoms with van der Waals surface area (Å²) in [5, 5.41) is 4.90. The van der Waals surface area contributed by atoms with Crippen molar-refractivity contribution in [2.24, 2.45) is 0 Å². The van der Waals surface area contributed by atoms with Crippen LogP contribution in [0.4, 0.5) is 0 Å². The lowest BCUT2D eigenvalue weighted by Gasteiger charge is -2.20. The van der Waals surface area contributed by atoms with Gasteiger partial charge in [-0.3, -0.25) is 24.1 Å². The first-order chi connectivity index (χ1) is 12.7. The first kappa shape index (κ1) is 20.1. The van der Waals surface area contributed by atoms with Gasteiger partial charge in [0.15, 0.2) is 6.61 Å². The number of imide groups is 1. The Morgan fingerprint density at radius 2 is 1.56 bits per heavy atom. The molecule has 27 heavy (non-hydrogen) atoms. The Labute approximate surface area is 156 Å². The molecule has 1 heterocycles. The van der Waals surface area contributed by atoms with Gasteiger partial charge < -0.3 is 15.4 Å². The van der Waals surface area contributed by atoms with Crippen LogP contribution in [0.3, 0.4) is 0 Å². The summed E-state index contributed by atoms with van der Waals surface area (Å²) < 4.78 is 4.86. The highest BCUT2D eigenvalue weighted by Crippen LogP contribution is 2.24. The van der Waals surface area contributed by atoms with Crippen LogP contribution in [0.1, 0.15) is 41.5 Å². The van der Waals surface area contributed by atoms with E-state index in [1.165, 1.54) is 19.1 Å². The van der Waals surface area contributed by atoms with Crippen molar-refractivity contribution in [1.82, 2.24) is 15.5 Å². The number of fused-ring (bicyclic) bond motifs is 1. The molecule has 0 aliphatic carbocycles. The lowest BCUT2D eigenvalue weighted by Crippen LogP contribution is -2.45. The Bertz CT molecular complexity index is 754. The standard InChI is InChI=1S/C18H21N3O6/c1-10(2)20-14(22)8-19-15(23)9-27-18(26)11(3)21-16(24)12-6-4-5-7-13(12)17(21)25/h4-7,10-11H,8-9H2,1-3H3,(H,19,23)(H,20,22)/t11-/m1/s1. The lowest BCUT2D eigenvalue weighted by molar-refractivity contribution is -0.151. The molecule has 1 aliphatic rings. The van der Waals surface area contributed by atoms with E-state index in [9.17, 15) is 24.0 Å². The maximum absolute atomic E-state index is 12.3. The minimum absolute atomic E-state index is 0.0623. The Hall–Kier alpha value is -3.23. The summed E-state index contributed by atoms with van der Waals surface area (Å²) in [6.07, 6.45) is 0. The van der Waals surface area contributed by atoms with E-state index in [4.69, 9.17) is 4.74 Å². The molecule has 144 valence electrons. The number of nitrogens with zero attached hydrogens (tertiary/aromatic N) is 1. The van der Waals surface area contributed by atoms with E-state index in [0.717, 1.165) is 4.90 Å². The minimum atomic E-state index is -1.19. The number of carbonyl (C=O) groups excluding carboxylic acids is 5. The molecule has 0 saturated heterocycles. The molecule has 2 rings (SSSR count). The molecule has 9 nitrogen and oxygen atoms in total. The van der Waals surface area contributed by atoms with Crippen molar-refractivity contribution >= 4 is 29.6 Å². The van der Waals surface area contributed by atoms with Gasteiger partial charge in [-0.2, -0.15) is 0 Å². The third-order valence-corrected chi connectivity index (χ3v) is 3.80. The SMILES string of the molecule is CC(C)NC(=O)CNC(=O)COC(=O)[C@@H](C)N1C(=O)c2ccccc2C1=O. The highest BCUT2D eigenvalue weighted by atomic mass is 16.5. The van der Waals surface area contributed by atoms with Gasteiger partial charge in [0.25, 0.3) is 17.7 Å². The number of amides is 4. The summed E-state index contributed by atoms with van der Waals surface area (Å²) in [6.45, 7) is 4.03. The van der Waals surface area contributed by atoms with E-state index in [-0.39, 0.29) is 29.6 Å². The molecule has 0 aromatic heterocycles. The molecule has 9 heteroatoms. The van der Waals surface area contributed by atoms with Crippen molar-refractivity contribution in [3.8, 4) is 0 Å². The van der Waals surface area contributed by atoms with Gasteiger partial charge in [-0.15, -0.1) is 0 Å². The fourth-order valence-corrected chi connectivity index (χ4v) is 2.53. The number of benzene rings is 1. The average Bonchev–Trinajstić information content (AvgIpc) is 2.88. The summed E-state index contributed by atoms with van der Waals surface area (Å²) in [4.78, 5) is 60.7. The van der Waals surface area contributed by atoms with Crippen LogP contribution in [0.25, 0.3) is 0 Å². The van der Waals surface area contributed by atoms with Crippen LogP contribution in [-0.2, 0) is 19.1 Å². The van der Waals surface area contributed by atoms with E-state index in [1.807, 2.05) is 0 Å². The molecule has 2 N–H and O–H groups in total. The molecule has 0 unspecified atom stereocenters. The fraction of sp³-hybridized carbons (Fsp3) is 0.389. The smallest absolute Gasteiger partial charge is 0.329 e. The Kier molecular flexibility index (Phi) is 6.27. The maximum atomic E-state index is 12.3. The van der Waals surface area contributed by atoms with Crippen LogP contribution in [0.2, 0.25) is 0 Å². The number of nitrogens with one attached hydrogen (secondary N) is 2. The van der Waals surface area contributed by atoms with Gasteiger partial charge in [0.1, 0.15) is 6.04 Å². The van der Waals surface area contributed by atoms with E-state index >= 15 is 0 Å². The number of carbonyl (C=O) groups is 5. The molecule has 0 radical (unpaired) electrons. The highest BCUT2D eigenvalue weighted by Gasteiger charge is 2.41. The topological polar surface area (TPSA) is 122 Å². The monoisotopic (exact) mass is 375 g/mol. The zero-order chi connectivity index (χ0) is 20.1. The van der Waals surface area contributed by atoms with Gasteiger partial charge >= 0.3 is 5.97 Å². The summed E-state index contributed by atoms with van der Waals surface area (Å²) in [6, 6.07) is 5.00. The van der Waals surface area contributed by atoms with E-state index in [1.54, 1.807) is 26.0 Å². The van der Waals surface area contributed by atoms with Crippen molar-refractivity contribution in [3.63, 3.8) is 0 Å². The predicted octanol–water partition coefficient (Wildman–Crippen LogP) is -0.145. The van der Waals surface area contributed by atoms with Crippen LogP contribution in [0.15, 0.2) is 24.3 Å². The minimum Gasteiger partial charge on any atom is -0.454 e. The third-order valence-electron chi connectivity index (χ3n) is 3.80. The normalized spacial score (nSPS) is 14.0. The molecule has 4 amide bonds. The summed E-state index contributed by atoms with van der Waals surface area (Å²) >= 11 is 0. The molecule has 1 aliphatic heterocycles. The van der Waals surface area contributed by atoms with Crippen LogP contribution in [0.5, 0.6) is 0 Å². The number of ether oxygens (including phenoxy) is 1. The zero-order valence-electron chi connectivity index (χ0n) is 15.3. The number of esters is 1. The molecular formula is C18H21N3O6. The summed E-state index contributed by atoms with van der Waals surface area (Å²) in [5.41, 5.74) is 0.437. The van der Waals surface area contributed by atoms with Crippen molar-refractivity contribution in [1.29, 1.82) is 0 Å². The molecule has 0 bridgehead atoms. The van der Waals surface area contributed by atoms with Crippen LogP contribution in [-0.4, -0.2) is 59.7 Å². The second-order valence-corrected chi connectivity index (χ2v) is 6.31. The van der Waals surface area contributed by atoms with Crippen molar-refractivity contribution < 1.29 is 28.7 Å². The van der Waals surface area contributed by atoms with E-state index in [0.29, 0.717) is 0 Å². The van der Waals surface area contributed by atoms with Crippen LogP contribution >= 0.6 is 0 Å². The van der Waals surface area contributed by atoms with Gasteiger partial charge in [-0.25, -0.2) is 4.79 Å². The third kappa shape index (κ3) is 4.69. The number of hydrogen-bond donors (Lipinski definition) is 2. The van der Waals surface area contributed by atoms with Crippen molar-refractivity contribution in [2.75, 3.05) is 13.2 Å². The van der Waals surface area contributed by atoms with Crippen molar-refractivity contribution in [2.45, 2.75) is 32.9 Å². The largest absolute Gasteiger partial charge is 0.454 e. The summed E-state index contributed by atoms with van der Waals surface area (Å²) in [5.74, 6) is -3.11. The zero-order valence-corrected chi connectivity index (χ0v) is 15.3. The van der Waals surface area contributed by atoms with Gasteiger partial charge in [0.05, 0.1) is 17.7 Å². The second-order valence-electron chi connectivity index (χ2n) is 6.31. The Morgan fingerprint density at radius 1 is 1.00 bits per heavy atom. The second kappa shape index (κ2) is 8.43. The lowest BCUT2D eigenvalue weighted by atomic mass is 10.1. The molecule has 1 aromatic carbocycles. The molecule has 0 fully saturated rings. The molecule has 0 spiro atoms. The first-order valence-electron chi connectivity index (χ1n) is 8.42.